The molecule has 0 atom stereocenters. The molecule has 0 saturated carbocycles. The summed E-state index contributed by atoms with van der Waals surface area (Å²) in [5.41, 5.74) is 1.99. The maximum absolute atomic E-state index is 11.5. The Morgan fingerprint density at radius 3 is 2.87 bits per heavy atom. The van der Waals surface area contributed by atoms with E-state index >= 15 is 0 Å². The molecule has 0 fully saturated rings. The first-order chi connectivity index (χ1) is 11.1. The van der Waals surface area contributed by atoms with Gasteiger partial charge in [0, 0.05) is 0 Å². The Bertz CT molecular complexity index is 912. The molecule has 3 rings (SSSR count). The van der Waals surface area contributed by atoms with Gasteiger partial charge in [-0.15, -0.1) is 0 Å². The number of para-hydroxylation sites is 1. The summed E-state index contributed by atoms with van der Waals surface area (Å²) in [6.07, 6.45) is 3.48. The molecule has 0 aliphatic rings. The number of carboxylic acids is 1. The van der Waals surface area contributed by atoms with Gasteiger partial charge in [0.1, 0.15) is 17.1 Å². The first-order valence-electron chi connectivity index (χ1n) is 6.83. The molecule has 0 aliphatic carbocycles. The normalized spacial score (nSPS) is 11.2. The third-order valence-corrected chi connectivity index (χ3v) is 3.38. The zero-order valence-electron chi connectivity index (χ0n) is 12.2. The average Bonchev–Trinajstić information content (AvgIpc) is 2.96. The lowest BCUT2D eigenvalue weighted by Gasteiger charge is -2.11. The Hall–Kier alpha value is -3.28. The molecule has 2 N–H and O–H groups in total. The molecule has 0 radical (unpaired) electrons. The predicted octanol–water partition coefficient (Wildman–Crippen LogP) is 2.51. The number of aromatic nitrogens is 2. The summed E-state index contributed by atoms with van der Waals surface area (Å²) in [6.45, 7) is 0. The van der Waals surface area contributed by atoms with E-state index in [1.807, 2.05) is 0 Å². The van der Waals surface area contributed by atoms with Crippen LogP contribution in [0.2, 0.25) is 0 Å². The molecular weight excluding hydrogens is 296 g/mol. The van der Waals surface area contributed by atoms with Crippen molar-refractivity contribution < 1.29 is 19.7 Å². The van der Waals surface area contributed by atoms with Crippen LogP contribution in [0.15, 0.2) is 36.4 Å². The Morgan fingerprint density at radius 1 is 1.30 bits per heavy atom. The van der Waals surface area contributed by atoms with Crippen LogP contribution in [-0.2, 0) is 0 Å². The zero-order chi connectivity index (χ0) is 16.4. The Labute approximate surface area is 131 Å². The number of methoxy groups -OCH3 is 1. The SMILES string of the molecule is COc1cc(/C=C/c2nc3c(C(=O)O)cccc3[nH]2)ccc1[O-]. The number of hydrogen-bond donors (Lipinski definition) is 2. The fourth-order valence-electron chi connectivity index (χ4n) is 2.27. The molecule has 3 aromatic rings. The van der Waals surface area contributed by atoms with Crippen molar-refractivity contribution in [2.45, 2.75) is 0 Å². The standard InChI is InChI=1S/C17H14N2O4/c1-23-14-9-10(5-7-13(14)20)6-8-15-18-12-4-2-3-11(17(21)22)16(12)19-15/h2-9,20H,1H3,(H,18,19)(H,21,22)/p-1/b8-6+. The quantitative estimate of drug-likeness (QED) is 0.771. The van der Waals surface area contributed by atoms with Crippen LogP contribution in [0.4, 0.5) is 0 Å². The number of carboxylic acid groups (broad SMARTS) is 1. The Balaban J connectivity index is 1.95. The fourth-order valence-corrected chi connectivity index (χ4v) is 2.27. The van der Waals surface area contributed by atoms with Crippen LogP contribution in [0.5, 0.6) is 11.5 Å². The van der Waals surface area contributed by atoms with Gasteiger partial charge in [-0.2, -0.15) is 0 Å². The van der Waals surface area contributed by atoms with Crippen LogP contribution in [0.3, 0.4) is 0 Å². The lowest BCUT2D eigenvalue weighted by molar-refractivity contribution is -0.270. The zero-order valence-corrected chi connectivity index (χ0v) is 12.2. The van der Waals surface area contributed by atoms with E-state index in [4.69, 9.17) is 9.84 Å². The topological polar surface area (TPSA) is 98.3 Å². The highest BCUT2D eigenvalue weighted by molar-refractivity contribution is 6.01. The number of aromatic amines is 1. The fraction of sp³-hybridized carbons (Fsp3) is 0.0588. The molecule has 6 nitrogen and oxygen atoms in total. The summed E-state index contributed by atoms with van der Waals surface area (Å²) in [7, 11) is 1.44. The Morgan fingerprint density at radius 2 is 2.13 bits per heavy atom. The number of nitrogens with one attached hydrogen (secondary N) is 1. The molecule has 6 heteroatoms. The van der Waals surface area contributed by atoms with Gasteiger partial charge in [-0.05, 0) is 29.8 Å². The van der Waals surface area contributed by atoms with Gasteiger partial charge >= 0.3 is 5.97 Å². The van der Waals surface area contributed by atoms with Crippen molar-refractivity contribution in [3.8, 4) is 11.5 Å². The number of fused-ring (bicyclic) bond motifs is 1. The van der Waals surface area contributed by atoms with Gasteiger partial charge in [-0.1, -0.05) is 30.0 Å². The molecule has 1 aromatic heterocycles. The van der Waals surface area contributed by atoms with Crippen LogP contribution in [-0.4, -0.2) is 28.2 Å². The molecule has 1 heterocycles. The summed E-state index contributed by atoms with van der Waals surface area (Å²) < 4.78 is 4.99. The van der Waals surface area contributed by atoms with Crippen LogP contribution in [0, 0.1) is 0 Å². The minimum atomic E-state index is -1.02. The molecule has 0 amide bonds. The summed E-state index contributed by atoms with van der Waals surface area (Å²) >= 11 is 0. The smallest absolute Gasteiger partial charge is 0.337 e. The number of rotatable bonds is 4. The molecule has 0 saturated heterocycles. The van der Waals surface area contributed by atoms with Crippen LogP contribution in [0.1, 0.15) is 21.7 Å². The summed E-state index contributed by atoms with van der Waals surface area (Å²) in [4.78, 5) is 18.5. The molecule has 116 valence electrons. The van der Waals surface area contributed by atoms with Crippen molar-refractivity contribution in [1.82, 2.24) is 9.97 Å². The van der Waals surface area contributed by atoms with E-state index < -0.39 is 5.97 Å². The number of carbonyl (C=O) groups is 1. The maximum Gasteiger partial charge on any atom is 0.337 e. The van der Waals surface area contributed by atoms with Gasteiger partial charge in [0.25, 0.3) is 0 Å². The van der Waals surface area contributed by atoms with E-state index in [9.17, 15) is 9.90 Å². The third-order valence-electron chi connectivity index (χ3n) is 3.38. The number of hydrogen-bond acceptors (Lipinski definition) is 4. The molecule has 0 spiro atoms. The number of ether oxygens (including phenoxy) is 1. The van der Waals surface area contributed by atoms with Crippen LogP contribution >= 0.6 is 0 Å². The molecule has 0 unspecified atom stereocenters. The van der Waals surface area contributed by atoms with Gasteiger partial charge in [0.15, 0.2) is 0 Å². The van der Waals surface area contributed by atoms with Crippen molar-refractivity contribution in [3.63, 3.8) is 0 Å². The minimum absolute atomic E-state index is 0.149. The average molecular weight is 309 g/mol. The number of nitrogens with zero attached hydrogens (tertiary/aromatic N) is 1. The summed E-state index contributed by atoms with van der Waals surface area (Å²) in [5, 5.41) is 20.6. The molecular formula is C17H13N2O4-. The van der Waals surface area contributed by atoms with Gasteiger partial charge in [0.2, 0.25) is 0 Å². The first-order valence-corrected chi connectivity index (χ1v) is 6.83. The lowest BCUT2D eigenvalue weighted by Crippen LogP contribution is -1.96. The summed E-state index contributed by atoms with van der Waals surface area (Å²) in [5.74, 6) is -0.406. The maximum atomic E-state index is 11.5. The van der Waals surface area contributed by atoms with E-state index in [0.29, 0.717) is 16.9 Å². The number of aromatic carboxylic acids is 1. The predicted molar refractivity (Wildman–Crippen MR) is 84.4 cm³/mol. The van der Waals surface area contributed by atoms with Crippen LogP contribution in [0.25, 0.3) is 23.2 Å². The van der Waals surface area contributed by atoms with E-state index in [1.54, 1.807) is 36.4 Å². The second-order valence-corrected chi connectivity index (χ2v) is 4.87. The van der Waals surface area contributed by atoms with Crippen molar-refractivity contribution in [2.24, 2.45) is 0 Å². The number of benzene rings is 2. The summed E-state index contributed by atoms with van der Waals surface area (Å²) in [6, 6.07) is 9.67. The van der Waals surface area contributed by atoms with E-state index in [-0.39, 0.29) is 17.1 Å². The van der Waals surface area contributed by atoms with Crippen molar-refractivity contribution in [3.05, 3.63) is 53.3 Å². The monoisotopic (exact) mass is 309 g/mol. The van der Waals surface area contributed by atoms with Gasteiger partial charge in [-0.3, -0.25) is 0 Å². The highest BCUT2D eigenvalue weighted by Crippen LogP contribution is 2.25. The van der Waals surface area contributed by atoms with E-state index in [0.717, 1.165) is 5.56 Å². The van der Waals surface area contributed by atoms with E-state index in [2.05, 4.69) is 9.97 Å². The molecule has 0 bridgehead atoms. The molecule has 2 aromatic carbocycles. The first kappa shape index (κ1) is 14.6. The number of H-pyrrole nitrogens is 1. The highest BCUT2D eigenvalue weighted by Gasteiger charge is 2.11. The van der Waals surface area contributed by atoms with Gasteiger partial charge < -0.3 is 19.9 Å². The van der Waals surface area contributed by atoms with Crippen molar-refractivity contribution >= 4 is 29.2 Å². The van der Waals surface area contributed by atoms with E-state index in [1.165, 1.54) is 19.2 Å². The number of imidazole rings is 1. The lowest BCUT2D eigenvalue weighted by atomic mass is 10.2. The van der Waals surface area contributed by atoms with Gasteiger partial charge in [-0.25, -0.2) is 9.78 Å². The third kappa shape index (κ3) is 2.87. The van der Waals surface area contributed by atoms with Crippen LogP contribution < -0.4 is 9.84 Å². The van der Waals surface area contributed by atoms with Crippen molar-refractivity contribution in [1.29, 1.82) is 0 Å². The minimum Gasteiger partial charge on any atom is -0.870 e. The van der Waals surface area contributed by atoms with Gasteiger partial charge in [0.05, 0.1) is 18.2 Å². The Kier molecular flexibility index (Phi) is 3.72. The van der Waals surface area contributed by atoms with Crippen molar-refractivity contribution in [2.75, 3.05) is 7.11 Å². The molecule has 23 heavy (non-hydrogen) atoms. The largest absolute Gasteiger partial charge is 0.870 e. The second kappa shape index (κ2) is 5.84. The highest BCUT2D eigenvalue weighted by atomic mass is 16.5. The second-order valence-electron chi connectivity index (χ2n) is 4.87. The molecule has 0 aliphatic heterocycles.